The number of carbonyl (C=O) groups is 1. The molecule has 0 bridgehead atoms. The zero-order chi connectivity index (χ0) is 16.1. The Balaban J connectivity index is 1.96. The van der Waals surface area contributed by atoms with Gasteiger partial charge in [-0.1, -0.05) is 12.1 Å². The molecule has 2 N–H and O–H groups in total. The minimum Gasteiger partial charge on any atom is -0.349 e. The standard InChI is InChI=1S/C16H20FN3OS/c1-11(2)18-15(21)8-20(3)9-16-19-14(10-22-16)12-5-4-6-13(17)7-12/h4-7,10-11H,8-9H2,1-3H3,(H,18,21)/p+1. The maximum Gasteiger partial charge on any atom is 0.275 e. The highest BCUT2D eigenvalue weighted by Crippen LogP contribution is 2.22. The van der Waals surface area contributed by atoms with Gasteiger partial charge in [-0.2, -0.15) is 0 Å². The first-order chi connectivity index (χ1) is 10.4. The number of thiazole rings is 1. The molecule has 1 aromatic carbocycles. The molecule has 22 heavy (non-hydrogen) atoms. The second kappa shape index (κ2) is 7.47. The number of quaternary nitrogens is 1. The number of likely N-dealkylation sites (N-methyl/N-ethyl adjacent to an activating group) is 1. The van der Waals surface area contributed by atoms with Crippen LogP contribution in [0.5, 0.6) is 0 Å². The molecule has 1 amide bonds. The van der Waals surface area contributed by atoms with Gasteiger partial charge in [-0.15, -0.1) is 11.3 Å². The van der Waals surface area contributed by atoms with E-state index < -0.39 is 0 Å². The van der Waals surface area contributed by atoms with E-state index in [0.29, 0.717) is 13.1 Å². The predicted molar refractivity (Wildman–Crippen MR) is 86.2 cm³/mol. The smallest absolute Gasteiger partial charge is 0.275 e. The van der Waals surface area contributed by atoms with Crippen molar-refractivity contribution in [1.82, 2.24) is 10.3 Å². The van der Waals surface area contributed by atoms with E-state index in [1.807, 2.05) is 32.3 Å². The van der Waals surface area contributed by atoms with Crippen LogP contribution in [-0.2, 0) is 11.3 Å². The molecule has 0 radical (unpaired) electrons. The van der Waals surface area contributed by atoms with Gasteiger partial charge in [0.25, 0.3) is 5.91 Å². The fourth-order valence-corrected chi connectivity index (χ4v) is 3.06. The summed E-state index contributed by atoms with van der Waals surface area (Å²) in [5.41, 5.74) is 1.55. The molecule has 1 atom stereocenters. The maximum absolute atomic E-state index is 13.2. The van der Waals surface area contributed by atoms with Crippen molar-refractivity contribution in [3.63, 3.8) is 0 Å². The molecule has 1 unspecified atom stereocenters. The van der Waals surface area contributed by atoms with Gasteiger partial charge in [-0.25, -0.2) is 9.37 Å². The lowest BCUT2D eigenvalue weighted by Gasteiger charge is -2.13. The van der Waals surface area contributed by atoms with Crippen molar-refractivity contribution < 1.29 is 14.1 Å². The summed E-state index contributed by atoms with van der Waals surface area (Å²) in [6, 6.07) is 6.57. The van der Waals surface area contributed by atoms with Crippen LogP contribution in [0.2, 0.25) is 0 Å². The van der Waals surface area contributed by atoms with E-state index in [1.54, 1.807) is 6.07 Å². The quantitative estimate of drug-likeness (QED) is 0.846. The third-order valence-corrected chi connectivity index (χ3v) is 3.89. The summed E-state index contributed by atoms with van der Waals surface area (Å²) >= 11 is 1.53. The van der Waals surface area contributed by atoms with Crippen molar-refractivity contribution in [3.8, 4) is 11.3 Å². The minimum absolute atomic E-state index is 0.0365. The van der Waals surface area contributed by atoms with Gasteiger partial charge in [0.15, 0.2) is 6.54 Å². The molecule has 6 heteroatoms. The molecule has 0 saturated carbocycles. The van der Waals surface area contributed by atoms with Gasteiger partial charge in [-0.3, -0.25) is 4.79 Å². The Bertz CT molecular complexity index is 642. The third kappa shape index (κ3) is 4.89. The Morgan fingerprint density at radius 2 is 2.23 bits per heavy atom. The fraction of sp³-hybridized carbons (Fsp3) is 0.375. The number of aromatic nitrogens is 1. The Hall–Kier alpha value is -1.79. The molecule has 2 aromatic rings. The number of nitrogens with zero attached hydrogens (tertiary/aromatic N) is 1. The molecule has 1 heterocycles. The van der Waals surface area contributed by atoms with E-state index in [1.165, 1.54) is 23.5 Å². The Labute approximate surface area is 134 Å². The van der Waals surface area contributed by atoms with Crippen LogP contribution < -0.4 is 10.2 Å². The summed E-state index contributed by atoms with van der Waals surface area (Å²) in [5, 5.41) is 5.74. The number of hydrogen-bond acceptors (Lipinski definition) is 3. The summed E-state index contributed by atoms with van der Waals surface area (Å²) in [6.07, 6.45) is 0. The minimum atomic E-state index is -0.264. The molecular weight excluding hydrogens is 301 g/mol. The molecule has 0 aliphatic carbocycles. The second-order valence-electron chi connectivity index (χ2n) is 5.67. The fourth-order valence-electron chi connectivity index (χ4n) is 2.14. The Morgan fingerprint density at radius 3 is 2.91 bits per heavy atom. The molecule has 0 saturated heterocycles. The van der Waals surface area contributed by atoms with E-state index >= 15 is 0 Å². The summed E-state index contributed by atoms with van der Waals surface area (Å²) in [6.45, 7) is 4.97. The molecule has 118 valence electrons. The van der Waals surface area contributed by atoms with Crippen LogP contribution >= 0.6 is 11.3 Å². The van der Waals surface area contributed by atoms with Crippen LogP contribution in [0.4, 0.5) is 4.39 Å². The van der Waals surface area contributed by atoms with Crippen molar-refractivity contribution in [2.75, 3.05) is 13.6 Å². The lowest BCUT2D eigenvalue weighted by molar-refractivity contribution is -0.885. The number of hydrogen-bond donors (Lipinski definition) is 2. The molecular formula is C16H21FN3OS+. The zero-order valence-corrected chi connectivity index (χ0v) is 13.8. The van der Waals surface area contributed by atoms with Crippen molar-refractivity contribution in [2.45, 2.75) is 26.4 Å². The average Bonchev–Trinajstić information content (AvgIpc) is 2.85. The zero-order valence-electron chi connectivity index (χ0n) is 13.0. The predicted octanol–water partition coefficient (Wildman–Crippen LogP) is 1.49. The molecule has 0 fully saturated rings. The van der Waals surface area contributed by atoms with Gasteiger partial charge in [0.2, 0.25) is 0 Å². The van der Waals surface area contributed by atoms with Gasteiger partial charge < -0.3 is 10.2 Å². The Kier molecular flexibility index (Phi) is 5.63. The monoisotopic (exact) mass is 322 g/mol. The largest absolute Gasteiger partial charge is 0.349 e. The SMILES string of the molecule is CC(C)NC(=O)C[NH+](C)Cc1nc(-c2cccc(F)c2)cs1. The summed E-state index contributed by atoms with van der Waals surface area (Å²) in [5.74, 6) is -0.227. The maximum atomic E-state index is 13.2. The highest BCUT2D eigenvalue weighted by atomic mass is 32.1. The number of amides is 1. The van der Waals surface area contributed by atoms with Gasteiger partial charge in [0.1, 0.15) is 17.4 Å². The Morgan fingerprint density at radius 1 is 1.45 bits per heavy atom. The van der Waals surface area contributed by atoms with Gasteiger partial charge in [0.05, 0.1) is 12.7 Å². The lowest BCUT2D eigenvalue weighted by Crippen LogP contribution is -3.09. The van der Waals surface area contributed by atoms with E-state index in [2.05, 4.69) is 10.3 Å². The van der Waals surface area contributed by atoms with Gasteiger partial charge in [0, 0.05) is 17.0 Å². The molecule has 4 nitrogen and oxygen atoms in total. The number of benzene rings is 1. The highest BCUT2D eigenvalue weighted by molar-refractivity contribution is 7.09. The van der Waals surface area contributed by atoms with Crippen LogP contribution in [0.3, 0.4) is 0 Å². The van der Waals surface area contributed by atoms with Crippen LogP contribution in [-0.4, -0.2) is 30.5 Å². The van der Waals surface area contributed by atoms with E-state index in [-0.39, 0.29) is 17.8 Å². The van der Waals surface area contributed by atoms with Crippen LogP contribution in [0, 0.1) is 5.82 Å². The van der Waals surface area contributed by atoms with Crippen LogP contribution in [0.15, 0.2) is 29.6 Å². The first-order valence-electron chi connectivity index (χ1n) is 7.25. The second-order valence-corrected chi connectivity index (χ2v) is 6.61. The lowest BCUT2D eigenvalue weighted by atomic mass is 10.2. The highest BCUT2D eigenvalue weighted by Gasteiger charge is 2.14. The number of rotatable bonds is 6. The van der Waals surface area contributed by atoms with Gasteiger partial charge in [-0.05, 0) is 26.0 Å². The first-order valence-corrected chi connectivity index (χ1v) is 8.13. The molecule has 0 spiro atoms. The van der Waals surface area contributed by atoms with Gasteiger partial charge >= 0.3 is 0 Å². The number of halogens is 1. The summed E-state index contributed by atoms with van der Waals surface area (Å²) in [7, 11) is 1.96. The topological polar surface area (TPSA) is 46.4 Å². The van der Waals surface area contributed by atoms with Crippen molar-refractivity contribution in [1.29, 1.82) is 0 Å². The first kappa shape index (κ1) is 16.6. The molecule has 1 aromatic heterocycles. The van der Waals surface area contributed by atoms with Crippen LogP contribution in [0.25, 0.3) is 11.3 Å². The van der Waals surface area contributed by atoms with Crippen molar-refractivity contribution in [2.24, 2.45) is 0 Å². The van der Waals surface area contributed by atoms with Crippen LogP contribution in [0.1, 0.15) is 18.9 Å². The van der Waals surface area contributed by atoms with Crippen molar-refractivity contribution >= 4 is 17.2 Å². The normalized spacial score (nSPS) is 12.4. The summed E-state index contributed by atoms with van der Waals surface area (Å²) in [4.78, 5) is 17.3. The van der Waals surface area contributed by atoms with E-state index in [4.69, 9.17) is 0 Å². The molecule has 0 aliphatic heterocycles. The van der Waals surface area contributed by atoms with E-state index in [9.17, 15) is 9.18 Å². The summed E-state index contributed by atoms with van der Waals surface area (Å²) < 4.78 is 13.2. The van der Waals surface area contributed by atoms with Crippen molar-refractivity contribution in [3.05, 3.63) is 40.5 Å². The average molecular weight is 322 g/mol. The third-order valence-electron chi connectivity index (χ3n) is 3.04. The number of nitrogens with one attached hydrogen (secondary N) is 2. The number of carbonyl (C=O) groups excluding carboxylic acids is 1. The molecule has 2 rings (SSSR count). The molecule has 0 aliphatic rings. The van der Waals surface area contributed by atoms with E-state index in [0.717, 1.165) is 21.2 Å².